The average Bonchev–Trinajstić information content (AvgIpc) is 2.97. The Kier molecular flexibility index (Phi) is 2.96. The van der Waals surface area contributed by atoms with Gasteiger partial charge in [-0.25, -0.2) is 8.42 Å². The van der Waals surface area contributed by atoms with Gasteiger partial charge in [-0.05, 0) is 32.4 Å². The van der Waals surface area contributed by atoms with Gasteiger partial charge in [-0.3, -0.25) is 0 Å². The molecule has 2 rings (SSSR count). The monoisotopic (exact) mass is 264 g/mol. The lowest BCUT2D eigenvalue weighted by molar-refractivity contribution is 0.537. The summed E-state index contributed by atoms with van der Waals surface area (Å²) in [6.45, 7) is 5.47. The van der Waals surface area contributed by atoms with Crippen LogP contribution in [0.25, 0.3) is 0 Å². The maximum Gasteiger partial charge on any atom is 0.244 e. The van der Waals surface area contributed by atoms with Crippen molar-refractivity contribution in [2.75, 3.05) is 0 Å². The second-order valence-corrected chi connectivity index (χ2v) is 6.61. The summed E-state index contributed by atoms with van der Waals surface area (Å²) in [6.07, 6.45) is 0.648. The first-order valence-corrected chi connectivity index (χ1v) is 7.34. The smallest absolute Gasteiger partial charge is 0.207 e. The lowest BCUT2D eigenvalue weighted by Crippen LogP contribution is -2.19. The maximum atomic E-state index is 12.4. The van der Waals surface area contributed by atoms with Gasteiger partial charge < -0.3 is 0 Å². The normalized spacial score (nSPS) is 30.8. The van der Waals surface area contributed by atoms with Gasteiger partial charge in [-0.15, -0.1) is 0 Å². The summed E-state index contributed by atoms with van der Waals surface area (Å²) in [5.74, 6) is 0. The van der Waals surface area contributed by atoms with Gasteiger partial charge in [-0.2, -0.15) is 9.57 Å². The molecular weight excluding hydrogens is 248 g/mol. The van der Waals surface area contributed by atoms with Crippen LogP contribution in [-0.4, -0.2) is 24.3 Å². The van der Waals surface area contributed by atoms with E-state index in [0.29, 0.717) is 6.42 Å². The van der Waals surface area contributed by atoms with E-state index in [-0.39, 0.29) is 10.9 Å². The first-order valence-electron chi connectivity index (χ1n) is 5.90. The number of sulfonamides is 1. The van der Waals surface area contributed by atoms with Crippen LogP contribution in [0.1, 0.15) is 25.8 Å². The Morgan fingerprint density at radius 3 is 2.33 bits per heavy atom. The second-order valence-electron chi connectivity index (χ2n) is 4.80. The number of benzene rings is 1. The van der Waals surface area contributed by atoms with E-state index in [1.165, 1.54) is 4.31 Å². The van der Waals surface area contributed by atoms with E-state index < -0.39 is 15.6 Å². The number of hydrogen-bond donors (Lipinski definition) is 0. The molecule has 3 atom stereocenters. The average molecular weight is 264 g/mol. The molecule has 5 heteroatoms. The zero-order valence-corrected chi connectivity index (χ0v) is 11.5. The van der Waals surface area contributed by atoms with Gasteiger partial charge in [0.2, 0.25) is 10.0 Å². The molecule has 0 aliphatic carbocycles. The van der Waals surface area contributed by atoms with E-state index in [0.717, 1.165) is 5.56 Å². The summed E-state index contributed by atoms with van der Waals surface area (Å²) in [6, 6.07) is 8.60. The highest BCUT2D eigenvalue weighted by Crippen LogP contribution is 2.46. The first-order chi connectivity index (χ1) is 8.37. The van der Waals surface area contributed by atoms with Crippen molar-refractivity contribution >= 4 is 10.0 Å². The minimum absolute atomic E-state index is 0.214. The Bertz CT molecular complexity index is 601. The fourth-order valence-electron chi connectivity index (χ4n) is 2.35. The third-order valence-corrected chi connectivity index (χ3v) is 5.53. The molecule has 4 nitrogen and oxygen atoms in total. The molecule has 1 aliphatic heterocycles. The van der Waals surface area contributed by atoms with Crippen molar-refractivity contribution in [1.29, 1.82) is 5.26 Å². The van der Waals surface area contributed by atoms with Gasteiger partial charge >= 0.3 is 0 Å². The summed E-state index contributed by atoms with van der Waals surface area (Å²) >= 11 is 0. The summed E-state index contributed by atoms with van der Waals surface area (Å²) in [5.41, 5.74) is 0.119. The number of rotatable bonds is 3. The minimum atomic E-state index is -3.55. The number of nitriles is 1. The van der Waals surface area contributed by atoms with Gasteiger partial charge in [-0.1, -0.05) is 24.6 Å². The zero-order chi connectivity index (χ0) is 13.6. The Morgan fingerprint density at radius 1 is 1.39 bits per heavy atom. The molecule has 1 aliphatic rings. The van der Waals surface area contributed by atoms with Crippen molar-refractivity contribution < 1.29 is 8.42 Å². The van der Waals surface area contributed by atoms with Crippen molar-refractivity contribution in [2.24, 2.45) is 0 Å². The van der Waals surface area contributed by atoms with E-state index in [4.69, 9.17) is 5.26 Å². The molecule has 96 valence electrons. The van der Waals surface area contributed by atoms with E-state index in [2.05, 4.69) is 6.07 Å². The molecule has 1 fully saturated rings. The number of aryl methyl sites for hydroxylation is 1. The predicted octanol–water partition coefficient (Wildman–Crippen LogP) is 2.06. The minimum Gasteiger partial charge on any atom is -0.207 e. The van der Waals surface area contributed by atoms with E-state index >= 15 is 0 Å². The molecule has 0 aromatic heterocycles. The van der Waals surface area contributed by atoms with Crippen LogP contribution in [0.15, 0.2) is 29.2 Å². The molecule has 18 heavy (non-hydrogen) atoms. The van der Waals surface area contributed by atoms with Crippen molar-refractivity contribution in [3.63, 3.8) is 0 Å². The van der Waals surface area contributed by atoms with Crippen LogP contribution in [0.4, 0.5) is 0 Å². The van der Waals surface area contributed by atoms with Crippen LogP contribution < -0.4 is 0 Å². The van der Waals surface area contributed by atoms with E-state index in [1.54, 1.807) is 31.2 Å². The van der Waals surface area contributed by atoms with E-state index in [1.807, 2.05) is 13.8 Å². The molecule has 1 saturated heterocycles. The second kappa shape index (κ2) is 4.08. The molecule has 1 aromatic carbocycles. The Balaban J connectivity index is 2.40. The summed E-state index contributed by atoms with van der Waals surface area (Å²) in [4.78, 5) is 0.255. The van der Waals surface area contributed by atoms with Gasteiger partial charge in [0.15, 0.2) is 0 Å². The third-order valence-electron chi connectivity index (χ3n) is 3.51. The molecule has 1 heterocycles. The standard InChI is InChI=1S/C13H16N2O2S/c1-4-12-13(3,9-14)15(12)18(16,17)11-7-5-10(2)6-8-11/h5-8,12H,4H2,1-3H3. The van der Waals surface area contributed by atoms with Gasteiger partial charge in [0.1, 0.15) is 5.54 Å². The Morgan fingerprint density at radius 2 is 1.94 bits per heavy atom. The van der Waals surface area contributed by atoms with Gasteiger partial charge in [0, 0.05) is 0 Å². The molecule has 0 saturated carbocycles. The van der Waals surface area contributed by atoms with Crippen LogP contribution >= 0.6 is 0 Å². The lowest BCUT2D eigenvalue weighted by Gasteiger charge is -2.07. The molecule has 3 unspecified atom stereocenters. The van der Waals surface area contributed by atoms with Crippen LogP contribution in [0.3, 0.4) is 0 Å². The van der Waals surface area contributed by atoms with Crippen molar-refractivity contribution in [3.05, 3.63) is 29.8 Å². The van der Waals surface area contributed by atoms with Gasteiger partial charge in [0.05, 0.1) is 17.0 Å². The third kappa shape index (κ3) is 1.73. The fourth-order valence-corrected chi connectivity index (χ4v) is 4.37. The Labute approximate surface area is 108 Å². The SMILES string of the molecule is CCC1N(S(=O)(=O)c2ccc(C)cc2)C1(C)C#N. The summed E-state index contributed by atoms with van der Waals surface area (Å²) in [7, 11) is -3.55. The highest BCUT2D eigenvalue weighted by molar-refractivity contribution is 7.89. The topological polar surface area (TPSA) is 60.9 Å². The molecule has 0 N–H and O–H groups in total. The lowest BCUT2D eigenvalue weighted by atomic mass is 10.1. The van der Waals surface area contributed by atoms with Crippen molar-refractivity contribution in [2.45, 2.75) is 43.7 Å². The van der Waals surface area contributed by atoms with Gasteiger partial charge in [0.25, 0.3) is 0 Å². The predicted molar refractivity (Wildman–Crippen MR) is 68.3 cm³/mol. The van der Waals surface area contributed by atoms with Crippen LogP contribution in [0, 0.1) is 18.3 Å². The summed E-state index contributed by atoms with van der Waals surface area (Å²) < 4.78 is 26.2. The largest absolute Gasteiger partial charge is 0.244 e. The molecular formula is C13H16N2O2S. The quantitative estimate of drug-likeness (QED) is 0.785. The summed E-state index contributed by atoms with van der Waals surface area (Å²) in [5, 5.41) is 9.14. The fraction of sp³-hybridized carbons (Fsp3) is 0.462. The molecule has 0 bridgehead atoms. The van der Waals surface area contributed by atoms with E-state index in [9.17, 15) is 8.42 Å². The number of nitrogens with zero attached hydrogens (tertiary/aromatic N) is 2. The van der Waals surface area contributed by atoms with Crippen LogP contribution in [-0.2, 0) is 10.0 Å². The zero-order valence-electron chi connectivity index (χ0n) is 10.7. The Hall–Kier alpha value is -1.38. The maximum absolute atomic E-state index is 12.4. The number of hydrogen-bond acceptors (Lipinski definition) is 3. The highest BCUT2D eigenvalue weighted by atomic mass is 32.2. The first kappa shape index (κ1) is 13.1. The van der Waals surface area contributed by atoms with Crippen molar-refractivity contribution in [3.8, 4) is 6.07 Å². The molecule has 1 aromatic rings. The van der Waals surface area contributed by atoms with Crippen molar-refractivity contribution in [1.82, 2.24) is 4.31 Å². The van der Waals surface area contributed by atoms with Crippen LogP contribution in [0.5, 0.6) is 0 Å². The van der Waals surface area contributed by atoms with Crippen LogP contribution in [0.2, 0.25) is 0 Å². The highest BCUT2D eigenvalue weighted by Gasteiger charge is 2.65. The molecule has 0 spiro atoms. The molecule has 0 amide bonds. The molecule has 0 radical (unpaired) electrons.